The first-order valence-corrected chi connectivity index (χ1v) is 13.8. The standard InChI is InChI=1S/C28H35BN4O7/c1-16(2)15-23(29-33(4)21(27(37)39-29)13-14-22(33)28(38)40-29)31-26(36)24(17(3)34)32-25(35)20-12-8-11-19(30-20)18-9-6-5-7-10-18/h5-12,16-17,21-24,34H,13-15H2,1-4H3,(H,31,36)(H,32,35)/t17-,21-,22+,23+,24+,29?,33?/m1/s1. The van der Waals surface area contributed by atoms with Gasteiger partial charge in [-0.15, -0.1) is 0 Å². The maximum Gasteiger partial charge on any atom is 0.605 e. The monoisotopic (exact) mass is 550 g/mol. The normalized spacial score (nSPS) is 28.9. The summed E-state index contributed by atoms with van der Waals surface area (Å²) in [4.78, 5) is 57.0. The Kier molecular flexibility index (Phi) is 7.17. The smallest absolute Gasteiger partial charge is 0.599 e. The molecule has 7 atom stereocenters. The van der Waals surface area contributed by atoms with E-state index in [4.69, 9.17) is 9.31 Å². The Hall–Kier alpha value is -3.77. The number of carbonyl (C=O) groups excluding carboxylic acids is 4. The van der Waals surface area contributed by atoms with Crippen LogP contribution in [-0.4, -0.2) is 82.1 Å². The highest BCUT2D eigenvalue weighted by molar-refractivity contribution is 6.68. The minimum Gasteiger partial charge on any atom is -0.599 e. The van der Waals surface area contributed by atoms with Crippen molar-refractivity contribution >= 4 is 30.4 Å². The lowest BCUT2D eigenvalue weighted by molar-refractivity contribution is -0.829. The molecule has 3 aliphatic rings. The van der Waals surface area contributed by atoms with Gasteiger partial charge in [0.25, 0.3) is 5.91 Å². The molecule has 2 unspecified atom stereocenters. The van der Waals surface area contributed by atoms with E-state index in [1.54, 1.807) is 19.2 Å². The minimum atomic E-state index is -2.61. The number of nitrogens with zero attached hydrogens (tertiary/aromatic N) is 2. The van der Waals surface area contributed by atoms with E-state index >= 15 is 0 Å². The molecule has 4 heterocycles. The Morgan fingerprint density at radius 2 is 1.62 bits per heavy atom. The van der Waals surface area contributed by atoms with Crippen molar-refractivity contribution in [3.05, 3.63) is 54.2 Å². The van der Waals surface area contributed by atoms with Crippen molar-refractivity contribution in [3.8, 4) is 11.3 Å². The van der Waals surface area contributed by atoms with Crippen LogP contribution in [0.1, 0.15) is 50.5 Å². The van der Waals surface area contributed by atoms with Crippen molar-refractivity contribution < 1.29 is 38.0 Å². The molecule has 11 nitrogen and oxygen atoms in total. The van der Waals surface area contributed by atoms with Gasteiger partial charge in [-0.1, -0.05) is 50.2 Å². The number of aromatic nitrogens is 1. The summed E-state index contributed by atoms with van der Waals surface area (Å²) in [5.41, 5.74) is 1.49. The van der Waals surface area contributed by atoms with E-state index in [0.717, 1.165) is 5.56 Å². The number of benzene rings is 1. The summed E-state index contributed by atoms with van der Waals surface area (Å²) < 4.78 is 11.7. The molecule has 3 saturated heterocycles. The Morgan fingerprint density at radius 1 is 1.00 bits per heavy atom. The van der Waals surface area contributed by atoms with Crippen LogP contribution in [0.25, 0.3) is 11.3 Å². The van der Waals surface area contributed by atoms with Crippen LogP contribution in [0.5, 0.6) is 0 Å². The van der Waals surface area contributed by atoms with Gasteiger partial charge in [0.15, 0.2) is 0 Å². The van der Waals surface area contributed by atoms with Gasteiger partial charge >= 0.3 is 18.6 Å². The molecule has 12 heteroatoms. The molecule has 1 aromatic heterocycles. The zero-order valence-electron chi connectivity index (χ0n) is 23.1. The van der Waals surface area contributed by atoms with E-state index in [9.17, 15) is 24.3 Å². The lowest BCUT2D eigenvalue weighted by Crippen LogP contribution is -2.74. The molecule has 0 saturated carbocycles. The minimum absolute atomic E-state index is 0.0166. The number of pyridine rings is 1. The van der Waals surface area contributed by atoms with Crippen LogP contribution in [0.2, 0.25) is 0 Å². The Labute approximate surface area is 232 Å². The summed E-state index contributed by atoms with van der Waals surface area (Å²) in [5, 5.41) is 16.0. The number of amides is 2. The summed E-state index contributed by atoms with van der Waals surface area (Å²) in [6, 6.07) is 11.9. The second-order valence-electron chi connectivity index (χ2n) is 11.6. The first-order chi connectivity index (χ1) is 19.0. The Bertz CT molecular complexity index is 1310. The molecule has 3 aliphatic heterocycles. The molecular formula is C28H35BN4O7. The van der Waals surface area contributed by atoms with E-state index in [0.29, 0.717) is 25.0 Å². The van der Waals surface area contributed by atoms with Crippen molar-refractivity contribution in [2.75, 3.05) is 7.05 Å². The number of rotatable bonds is 9. The molecule has 40 heavy (non-hydrogen) atoms. The number of aliphatic hydroxyl groups is 1. The van der Waals surface area contributed by atoms with Gasteiger partial charge in [0.2, 0.25) is 5.91 Å². The molecule has 2 aromatic rings. The summed E-state index contributed by atoms with van der Waals surface area (Å²) in [7, 11) is 1.79. The summed E-state index contributed by atoms with van der Waals surface area (Å²) in [5.74, 6) is -3.02. The van der Waals surface area contributed by atoms with Gasteiger partial charge in [0.05, 0.1) is 17.7 Å². The predicted octanol–water partition coefficient (Wildman–Crippen LogP) is 1.33. The van der Waals surface area contributed by atoms with Gasteiger partial charge < -0.3 is 29.4 Å². The third-order valence-electron chi connectivity index (χ3n) is 8.61. The number of aliphatic hydroxyl groups excluding tert-OH is 1. The van der Waals surface area contributed by atoms with Crippen molar-refractivity contribution in [1.29, 1.82) is 0 Å². The van der Waals surface area contributed by atoms with E-state index < -0.39 is 60.6 Å². The Balaban J connectivity index is 1.39. The molecule has 0 bridgehead atoms. The fourth-order valence-electron chi connectivity index (χ4n) is 6.64. The number of nitrogens with one attached hydrogen (secondary N) is 2. The largest absolute Gasteiger partial charge is 0.605 e. The highest BCUT2D eigenvalue weighted by atomic mass is 16.7. The highest BCUT2D eigenvalue weighted by Crippen LogP contribution is 2.51. The van der Waals surface area contributed by atoms with Gasteiger partial charge in [0.1, 0.15) is 23.8 Å². The van der Waals surface area contributed by atoms with Crippen LogP contribution in [0, 0.1) is 5.92 Å². The number of quaternary nitrogens is 1. The van der Waals surface area contributed by atoms with Crippen LogP contribution in [0.3, 0.4) is 0 Å². The quantitative estimate of drug-likeness (QED) is 0.397. The second-order valence-corrected chi connectivity index (χ2v) is 11.6. The SMILES string of the molecule is CC(C)C[C@H](NC(=O)[C@@H](NC(=O)c1cccc(-c2ccccc2)n1)[C@@H](C)O)[B-]12OC(=O)[C@H]3CC[C@@H](C(=O)O1)[N+]32C. The first-order valence-electron chi connectivity index (χ1n) is 13.8. The van der Waals surface area contributed by atoms with Crippen LogP contribution in [-0.2, 0) is 23.7 Å². The van der Waals surface area contributed by atoms with Crippen LogP contribution in [0.15, 0.2) is 48.5 Å². The van der Waals surface area contributed by atoms with Gasteiger partial charge in [0, 0.05) is 25.5 Å². The maximum absolute atomic E-state index is 13.6. The van der Waals surface area contributed by atoms with Crippen molar-refractivity contribution in [2.45, 2.75) is 70.2 Å². The first kappa shape index (κ1) is 27.8. The van der Waals surface area contributed by atoms with Gasteiger partial charge in [-0.25, -0.2) is 14.6 Å². The van der Waals surface area contributed by atoms with Crippen molar-refractivity contribution in [1.82, 2.24) is 15.6 Å². The predicted molar refractivity (Wildman–Crippen MR) is 145 cm³/mol. The molecule has 5 rings (SSSR count). The third-order valence-corrected chi connectivity index (χ3v) is 8.61. The number of likely N-dealkylation sites (N-methyl/N-ethyl adjacent to an activating group) is 1. The molecule has 0 radical (unpaired) electrons. The fourth-order valence-corrected chi connectivity index (χ4v) is 6.64. The molecule has 3 N–H and O–H groups in total. The molecule has 1 aromatic carbocycles. The van der Waals surface area contributed by atoms with Crippen LogP contribution < -0.4 is 10.6 Å². The van der Waals surface area contributed by atoms with Gasteiger partial charge in [-0.2, -0.15) is 0 Å². The van der Waals surface area contributed by atoms with E-state index in [1.807, 2.05) is 44.2 Å². The Morgan fingerprint density at radius 3 is 2.20 bits per heavy atom. The fraction of sp³-hybridized carbons (Fsp3) is 0.464. The lowest BCUT2D eigenvalue weighted by atomic mass is 9.57. The van der Waals surface area contributed by atoms with E-state index in [2.05, 4.69) is 15.6 Å². The van der Waals surface area contributed by atoms with E-state index in [1.165, 1.54) is 13.0 Å². The molecule has 2 amide bonds. The molecule has 0 spiro atoms. The van der Waals surface area contributed by atoms with Crippen LogP contribution in [0.4, 0.5) is 0 Å². The third kappa shape index (κ3) is 4.44. The van der Waals surface area contributed by atoms with Crippen LogP contribution >= 0.6 is 0 Å². The number of carbonyl (C=O) groups is 4. The average molecular weight is 550 g/mol. The average Bonchev–Trinajstić information content (AvgIpc) is 3.47. The molecule has 212 valence electrons. The topological polar surface area (TPSA) is 144 Å². The number of hydrogen-bond acceptors (Lipinski definition) is 8. The van der Waals surface area contributed by atoms with E-state index in [-0.39, 0.29) is 16.0 Å². The summed E-state index contributed by atoms with van der Waals surface area (Å²) in [6.07, 6.45) is 0.0890. The van der Waals surface area contributed by atoms with Crippen molar-refractivity contribution in [3.63, 3.8) is 0 Å². The van der Waals surface area contributed by atoms with Gasteiger partial charge in [-0.3, -0.25) is 9.59 Å². The zero-order valence-corrected chi connectivity index (χ0v) is 23.1. The maximum atomic E-state index is 13.6. The zero-order chi connectivity index (χ0) is 28.8. The number of hydrogen-bond donors (Lipinski definition) is 3. The van der Waals surface area contributed by atoms with Crippen molar-refractivity contribution in [2.24, 2.45) is 5.92 Å². The molecule has 3 fully saturated rings. The second kappa shape index (κ2) is 10.3. The van der Waals surface area contributed by atoms with Gasteiger partial charge in [-0.05, 0) is 31.4 Å². The molecule has 0 aliphatic carbocycles. The summed E-state index contributed by atoms with van der Waals surface area (Å²) >= 11 is 0. The highest BCUT2D eigenvalue weighted by Gasteiger charge is 2.78. The lowest BCUT2D eigenvalue weighted by Gasteiger charge is -2.47. The summed E-state index contributed by atoms with van der Waals surface area (Å²) in [6.45, 7) is 2.67. The molecular weight excluding hydrogens is 515 g/mol.